The van der Waals surface area contributed by atoms with E-state index in [-0.39, 0.29) is 4.87 Å². The van der Waals surface area contributed by atoms with E-state index in [1.54, 1.807) is 0 Å². The number of nitrogens with zero attached hydrogens (tertiary/aromatic N) is 1. The second-order valence-electron chi connectivity index (χ2n) is 5.94. The summed E-state index contributed by atoms with van der Waals surface area (Å²) in [5, 5.41) is 3.46. The number of rotatable bonds is 3. The Labute approximate surface area is 132 Å². The number of thioether (sulfide) groups is 1. The molecule has 0 radical (unpaired) electrons. The number of benzene rings is 1. The first kappa shape index (κ1) is 14.9. The molecule has 1 atom stereocenters. The maximum Gasteiger partial charge on any atom is 0.0941 e. The highest BCUT2D eigenvalue weighted by atomic mass is 32.2. The molecule has 1 aliphatic heterocycles. The summed E-state index contributed by atoms with van der Waals surface area (Å²) >= 11 is 2.01. The van der Waals surface area contributed by atoms with Gasteiger partial charge in [-0.2, -0.15) is 0 Å². The van der Waals surface area contributed by atoms with Gasteiger partial charge in [-0.25, -0.2) is 0 Å². The number of hydrogen-bond donors (Lipinski definition) is 1. The summed E-state index contributed by atoms with van der Waals surface area (Å²) in [4.78, 5) is 4.11. The van der Waals surface area contributed by atoms with Crippen LogP contribution in [0.1, 0.15) is 17.5 Å². The van der Waals surface area contributed by atoms with Crippen molar-refractivity contribution in [3.05, 3.63) is 53.6 Å². The van der Waals surface area contributed by atoms with Gasteiger partial charge in [0, 0.05) is 31.1 Å². The van der Waals surface area contributed by atoms with Crippen molar-refractivity contribution in [2.75, 3.05) is 26.2 Å². The Morgan fingerprint density at radius 3 is 2.62 bits per heavy atom. The molecule has 3 heteroatoms. The lowest BCUT2D eigenvalue weighted by Crippen LogP contribution is -2.53. The van der Waals surface area contributed by atoms with Gasteiger partial charge in [0.05, 0.1) is 4.87 Å². The fraction of sp³-hybridized carbons (Fsp3) is 0.444. The first-order valence-electron chi connectivity index (χ1n) is 7.76. The Hall–Kier alpha value is -1.03. The van der Waals surface area contributed by atoms with Crippen LogP contribution in [-0.4, -0.2) is 35.9 Å². The molecule has 1 N–H and O–H groups in total. The maximum absolute atomic E-state index is 3.46. The first-order valence-corrected chi connectivity index (χ1v) is 8.58. The summed E-state index contributed by atoms with van der Waals surface area (Å²) in [6.07, 6.45) is 10.2. The van der Waals surface area contributed by atoms with E-state index < -0.39 is 0 Å². The highest BCUT2D eigenvalue weighted by Crippen LogP contribution is 2.43. The van der Waals surface area contributed by atoms with Crippen LogP contribution in [0.25, 0.3) is 0 Å². The van der Waals surface area contributed by atoms with Crippen molar-refractivity contribution >= 4 is 11.8 Å². The molecular weight excluding hydrogens is 276 g/mol. The summed E-state index contributed by atoms with van der Waals surface area (Å²) in [6, 6.07) is 6.80. The summed E-state index contributed by atoms with van der Waals surface area (Å²) < 4.78 is 0. The minimum Gasteiger partial charge on any atom is -0.314 e. The van der Waals surface area contributed by atoms with Crippen molar-refractivity contribution in [2.45, 2.75) is 30.0 Å². The second kappa shape index (κ2) is 6.39. The molecule has 0 amide bonds. The van der Waals surface area contributed by atoms with E-state index >= 15 is 0 Å². The van der Waals surface area contributed by atoms with Crippen LogP contribution in [0.2, 0.25) is 0 Å². The van der Waals surface area contributed by atoms with Crippen LogP contribution in [0.5, 0.6) is 0 Å². The van der Waals surface area contributed by atoms with E-state index in [1.165, 1.54) is 16.0 Å². The van der Waals surface area contributed by atoms with Gasteiger partial charge < -0.3 is 5.32 Å². The van der Waals surface area contributed by atoms with Crippen molar-refractivity contribution in [3.8, 4) is 0 Å². The largest absolute Gasteiger partial charge is 0.314 e. The third-order valence-corrected chi connectivity index (χ3v) is 5.88. The highest BCUT2D eigenvalue weighted by molar-refractivity contribution is 8.00. The van der Waals surface area contributed by atoms with Gasteiger partial charge in [-0.15, -0.1) is 0 Å². The predicted molar refractivity (Wildman–Crippen MR) is 91.8 cm³/mol. The molecule has 3 rings (SSSR count). The molecule has 0 spiro atoms. The summed E-state index contributed by atoms with van der Waals surface area (Å²) in [6.45, 7) is 8.81. The molecule has 1 aromatic carbocycles. The lowest BCUT2D eigenvalue weighted by atomic mass is 10.1. The van der Waals surface area contributed by atoms with Gasteiger partial charge in [-0.3, -0.25) is 4.90 Å². The van der Waals surface area contributed by atoms with Crippen LogP contribution in [0, 0.1) is 13.8 Å². The monoisotopic (exact) mass is 300 g/mol. The number of piperazine rings is 1. The normalized spacial score (nSPS) is 26.2. The molecule has 2 aliphatic rings. The first-order chi connectivity index (χ1) is 10.2. The molecule has 112 valence electrons. The SMILES string of the molecule is Cc1ccc(SC2(N3CCNCC3)C=CC=CC2)c(C)c1. The fourth-order valence-electron chi connectivity index (χ4n) is 3.11. The van der Waals surface area contributed by atoms with Gasteiger partial charge in [0.15, 0.2) is 0 Å². The molecule has 0 aromatic heterocycles. The van der Waals surface area contributed by atoms with E-state index in [9.17, 15) is 0 Å². The summed E-state index contributed by atoms with van der Waals surface area (Å²) in [5.74, 6) is 0. The fourth-order valence-corrected chi connectivity index (χ4v) is 4.49. The van der Waals surface area contributed by atoms with Gasteiger partial charge in [0.1, 0.15) is 0 Å². The molecule has 1 unspecified atom stereocenters. The Bertz CT molecular complexity index is 558. The Kier molecular flexibility index (Phi) is 4.53. The van der Waals surface area contributed by atoms with Crippen molar-refractivity contribution in [2.24, 2.45) is 0 Å². The van der Waals surface area contributed by atoms with Crippen LogP contribution in [0.4, 0.5) is 0 Å². The van der Waals surface area contributed by atoms with E-state index in [4.69, 9.17) is 0 Å². The number of aryl methyl sites for hydroxylation is 2. The summed E-state index contributed by atoms with van der Waals surface area (Å²) in [7, 11) is 0. The number of nitrogens with one attached hydrogen (secondary N) is 1. The van der Waals surface area contributed by atoms with Crippen LogP contribution in [-0.2, 0) is 0 Å². The predicted octanol–water partition coefficient (Wildman–Crippen LogP) is 3.51. The molecule has 1 aliphatic carbocycles. The zero-order chi connectivity index (χ0) is 14.7. The van der Waals surface area contributed by atoms with Gasteiger partial charge in [0.2, 0.25) is 0 Å². The number of allylic oxidation sites excluding steroid dienone is 2. The van der Waals surface area contributed by atoms with Crippen molar-refractivity contribution in [1.29, 1.82) is 0 Å². The molecule has 1 aromatic rings. The van der Waals surface area contributed by atoms with Crippen molar-refractivity contribution in [1.82, 2.24) is 10.2 Å². The Morgan fingerprint density at radius 2 is 1.95 bits per heavy atom. The molecule has 1 heterocycles. The highest BCUT2D eigenvalue weighted by Gasteiger charge is 2.36. The maximum atomic E-state index is 3.46. The smallest absolute Gasteiger partial charge is 0.0941 e. The average Bonchev–Trinajstić information content (AvgIpc) is 2.52. The molecular formula is C18H24N2S. The van der Waals surface area contributed by atoms with Gasteiger partial charge >= 0.3 is 0 Å². The standard InChI is InChI=1S/C18H24N2S/c1-15-6-7-17(16(2)14-15)21-18(8-4-3-5-9-18)20-12-10-19-11-13-20/h3-8,14,19H,9-13H2,1-2H3. The van der Waals surface area contributed by atoms with Crippen LogP contribution < -0.4 is 5.32 Å². The number of hydrogen-bond acceptors (Lipinski definition) is 3. The Balaban J connectivity index is 1.88. The molecule has 2 nitrogen and oxygen atoms in total. The van der Waals surface area contributed by atoms with Crippen LogP contribution in [0.15, 0.2) is 47.4 Å². The molecule has 0 saturated carbocycles. The molecule has 21 heavy (non-hydrogen) atoms. The van der Waals surface area contributed by atoms with Gasteiger partial charge in [-0.1, -0.05) is 53.8 Å². The van der Waals surface area contributed by atoms with E-state index in [2.05, 4.69) is 66.6 Å². The third kappa shape index (κ3) is 3.25. The van der Waals surface area contributed by atoms with E-state index in [1.807, 2.05) is 11.8 Å². The van der Waals surface area contributed by atoms with Crippen molar-refractivity contribution < 1.29 is 0 Å². The zero-order valence-corrected chi connectivity index (χ0v) is 13.7. The van der Waals surface area contributed by atoms with Crippen LogP contribution in [0.3, 0.4) is 0 Å². The van der Waals surface area contributed by atoms with E-state index in [0.717, 1.165) is 32.6 Å². The quantitative estimate of drug-likeness (QED) is 0.919. The molecule has 0 bridgehead atoms. The average molecular weight is 300 g/mol. The van der Waals surface area contributed by atoms with Gasteiger partial charge in [0.25, 0.3) is 0 Å². The van der Waals surface area contributed by atoms with Gasteiger partial charge in [-0.05, 0) is 31.9 Å². The molecule has 1 fully saturated rings. The minimum atomic E-state index is 0.0802. The van der Waals surface area contributed by atoms with Crippen LogP contribution >= 0.6 is 11.8 Å². The molecule has 1 saturated heterocycles. The lowest BCUT2D eigenvalue weighted by Gasteiger charge is -2.44. The third-order valence-electron chi connectivity index (χ3n) is 4.28. The lowest BCUT2D eigenvalue weighted by molar-refractivity contribution is 0.180. The minimum absolute atomic E-state index is 0.0802. The van der Waals surface area contributed by atoms with Crippen molar-refractivity contribution in [3.63, 3.8) is 0 Å². The summed E-state index contributed by atoms with van der Waals surface area (Å²) in [5.41, 5.74) is 2.73. The Morgan fingerprint density at radius 1 is 1.14 bits per heavy atom. The second-order valence-corrected chi connectivity index (χ2v) is 7.30. The topological polar surface area (TPSA) is 15.3 Å². The zero-order valence-electron chi connectivity index (χ0n) is 12.9. The van der Waals surface area contributed by atoms with E-state index in [0.29, 0.717) is 0 Å².